The number of hydrogen-bond donors (Lipinski definition) is 3. The summed E-state index contributed by atoms with van der Waals surface area (Å²) >= 11 is 0. The molecule has 4 nitrogen and oxygen atoms in total. The molecule has 0 bridgehead atoms. The van der Waals surface area contributed by atoms with Crippen molar-refractivity contribution in [1.29, 1.82) is 0 Å². The first kappa shape index (κ1) is 14.3. The molecule has 1 aromatic rings. The van der Waals surface area contributed by atoms with E-state index in [1.807, 2.05) is 0 Å². The van der Waals surface area contributed by atoms with Gasteiger partial charge in [0, 0.05) is 5.56 Å². The molecule has 0 saturated carbocycles. The average Bonchev–Trinajstić information content (AvgIpc) is 2.25. The number of aryl methyl sites for hydroxylation is 1. The van der Waals surface area contributed by atoms with E-state index in [0.717, 1.165) is 24.1 Å². The fourth-order valence-electron chi connectivity index (χ4n) is 1.35. The van der Waals surface area contributed by atoms with Gasteiger partial charge < -0.3 is 15.5 Å². The Morgan fingerprint density at radius 2 is 1.76 bits per heavy atom. The first-order valence-electron chi connectivity index (χ1n) is 5.02. The summed E-state index contributed by atoms with van der Waals surface area (Å²) in [6.07, 6.45) is 1.38. The van der Waals surface area contributed by atoms with E-state index in [1.165, 1.54) is 12.1 Å². The van der Waals surface area contributed by atoms with Gasteiger partial charge in [-0.15, -0.1) is 0 Å². The molecule has 0 aliphatic carbocycles. The summed E-state index contributed by atoms with van der Waals surface area (Å²) in [5.74, 6) is 0. The summed E-state index contributed by atoms with van der Waals surface area (Å²) in [4.78, 5) is 17.1. The number of rotatable bonds is 5. The van der Waals surface area contributed by atoms with E-state index in [0.29, 0.717) is 13.0 Å². The second kappa shape index (κ2) is 5.23. The van der Waals surface area contributed by atoms with Crippen molar-refractivity contribution in [2.24, 2.45) is 5.73 Å². The van der Waals surface area contributed by atoms with Gasteiger partial charge in [-0.05, 0) is 24.9 Å². The molecule has 0 amide bonds. The normalized spacial score (nSPS) is 12.8. The zero-order valence-electron chi connectivity index (χ0n) is 9.01. The van der Waals surface area contributed by atoms with E-state index in [1.54, 1.807) is 0 Å². The lowest BCUT2D eigenvalue weighted by atomic mass is 10.1. The summed E-state index contributed by atoms with van der Waals surface area (Å²) < 4.78 is 37.2. The average molecular weight is 265 g/mol. The Morgan fingerprint density at radius 1 is 1.24 bits per heavy atom. The first-order valence-corrected chi connectivity index (χ1v) is 6.63. The fourth-order valence-corrected chi connectivity index (χ4v) is 1.83. The van der Waals surface area contributed by atoms with Crippen molar-refractivity contribution in [3.8, 4) is 0 Å². The molecule has 0 aliphatic rings. The Kier molecular flexibility index (Phi) is 4.38. The van der Waals surface area contributed by atoms with Gasteiger partial charge in [0.1, 0.15) is 0 Å². The molecular formula is C10H14F2NO3P. The minimum atomic E-state index is -5.48. The molecule has 0 aromatic heterocycles. The molecule has 0 fully saturated rings. The molecule has 7 heteroatoms. The molecule has 96 valence electrons. The SMILES string of the molecule is NCCCc1ccc(C(F)(F)P(=O)(O)O)cc1. The summed E-state index contributed by atoms with van der Waals surface area (Å²) in [7, 11) is -5.48. The maximum atomic E-state index is 13.3. The van der Waals surface area contributed by atoms with Crippen LogP contribution in [-0.4, -0.2) is 16.3 Å². The topological polar surface area (TPSA) is 83.6 Å². The lowest BCUT2D eigenvalue weighted by molar-refractivity contribution is 0.0564. The van der Waals surface area contributed by atoms with Crippen LogP contribution in [-0.2, 0) is 16.6 Å². The van der Waals surface area contributed by atoms with E-state index < -0.39 is 18.8 Å². The van der Waals surface area contributed by atoms with Crippen molar-refractivity contribution in [3.63, 3.8) is 0 Å². The predicted molar refractivity (Wildman–Crippen MR) is 59.8 cm³/mol. The monoisotopic (exact) mass is 265 g/mol. The van der Waals surface area contributed by atoms with Crippen molar-refractivity contribution >= 4 is 7.60 Å². The zero-order valence-corrected chi connectivity index (χ0v) is 9.91. The maximum Gasteiger partial charge on any atom is 0.399 e. The van der Waals surface area contributed by atoms with Crippen LogP contribution >= 0.6 is 7.60 Å². The van der Waals surface area contributed by atoms with Crippen molar-refractivity contribution in [2.45, 2.75) is 18.5 Å². The molecule has 0 heterocycles. The Hall–Kier alpha value is -0.810. The Bertz CT molecular complexity index is 416. The molecule has 0 radical (unpaired) electrons. The van der Waals surface area contributed by atoms with Crippen LogP contribution in [0.4, 0.5) is 8.78 Å². The quantitative estimate of drug-likeness (QED) is 0.709. The number of halogens is 2. The summed E-state index contributed by atoms with van der Waals surface area (Å²) in [6, 6.07) is 4.92. The van der Waals surface area contributed by atoms with Gasteiger partial charge in [0.25, 0.3) is 0 Å². The van der Waals surface area contributed by atoms with Gasteiger partial charge >= 0.3 is 13.3 Å². The number of benzene rings is 1. The third-order valence-electron chi connectivity index (χ3n) is 2.34. The number of hydrogen-bond acceptors (Lipinski definition) is 2. The van der Waals surface area contributed by atoms with E-state index in [4.69, 9.17) is 15.5 Å². The van der Waals surface area contributed by atoms with Crippen LogP contribution in [0.5, 0.6) is 0 Å². The Balaban J connectivity index is 2.91. The van der Waals surface area contributed by atoms with Crippen LogP contribution < -0.4 is 5.73 Å². The molecule has 0 spiro atoms. The highest BCUT2D eigenvalue weighted by Crippen LogP contribution is 2.59. The Labute approximate surface area is 97.6 Å². The minimum absolute atomic E-state index is 0.500. The van der Waals surface area contributed by atoms with Crippen LogP contribution in [0.3, 0.4) is 0 Å². The van der Waals surface area contributed by atoms with Crippen LogP contribution in [0, 0.1) is 0 Å². The van der Waals surface area contributed by atoms with Crippen LogP contribution in [0.25, 0.3) is 0 Å². The molecule has 0 aliphatic heterocycles. The lowest BCUT2D eigenvalue weighted by Gasteiger charge is -2.18. The number of nitrogens with two attached hydrogens (primary N) is 1. The summed E-state index contributed by atoms with van der Waals surface area (Å²) in [5.41, 5.74) is 1.30. The molecule has 1 rings (SSSR count). The van der Waals surface area contributed by atoms with Gasteiger partial charge in [0.05, 0.1) is 0 Å². The van der Waals surface area contributed by atoms with Gasteiger partial charge in [0.2, 0.25) is 0 Å². The molecule has 4 N–H and O–H groups in total. The smallest absolute Gasteiger partial charge is 0.330 e. The number of alkyl halides is 2. The maximum absolute atomic E-state index is 13.3. The van der Waals surface area contributed by atoms with Crippen LogP contribution in [0.2, 0.25) is 0 Å². The van der Waals surface area contributed by atoms with Gasteiger partial charge in [-0.3, -0.25) is 4.57 Å². The van der Waals surface area contributed by atoms with Gasteiger partial charge in [-0.1, -0.05) is 24.3 Å². The highest BCUT2D eigenvalue weighted by molar-refractivity contribution is 7.52. The van der Waals surface area contributed by atoms with Crippen molar-refractivity contribution in [3.05, 3.63) is 35.4 Å². The standard InChI is InChI=1S/C10H14F2NO3P/c11-10(12,17(14,15)16)9-5-3-8(4-6-9)2-1-7-13/h3-6H,1-2,7,13H2,(H2,14,15,16). The van der Waals surface area contributed by atoms with Crippen molar-refractivity contribution < 1.29 is 23.1 Å². The molecular weight excluding hydrogens is 251 g/mol. The molecule has 1 aromatic carbocycles. The van der Waals surface area contributed by atoms with E-state index >= 15 is 0 Å². The highest BCUT2D eigenvalue weighted by Gasteiger charge is 2.50. The summed E-state index contributed by atoms with van der Waals surface area (Å²) in [5, 5.41) is 0. The predicted octanol–water partition coefficient (Wildman–Crippen LogP) is 1.80. The minimum Gasteiger partial charge on any atom is -0.330 e. The van der Waals surface area contributed by atoms with E-state index in [2.05, 4.69) is 0 Å². The molecule has 0 saturated heterocycles. The van der Waals surface area contributed by atoms with Gasteiger partial charge in [-0.2, -0.15) is 8.78 Å². The van der Waals surface area contributed by atoms with Crippen molar-refractivity contribution in [1.82, 2.24) is 0 Å². The first-order chi connectivity index (χ1) is 7.79. The Morgan fingerprint density at radius 3 is 2.18 bits per heavy atom. The zero-order chi connectivity index (χ0) is 13.1. The lowest BCUT2D eigenvalue weighted by Crippen LogP contribution is -2.13. The molecule has 0 unspecified atom stereocenters. The second-order valence-corrected chi connectivity index (χ2v) is 5.32. The summed E-state index contributed by atoms with van der Waals surface area (Å²) in [6.45, 7) is 0.500. The van der Waals surface area contributed by atoms with Crippen LogP contribution in [0.1, 0.15) is 17.5 Å². The third kappa shape index (κ3) is 3.33. The van der Waals surface area contributed by atoms with E-state index in [9.17, 15) is 13.3 Å². The largest absolute Gasteiger partial charge is 0.399 e. The fraction of sp³-hybridized carbons (Fsp3) is 0.400. The molecule has 17 heavy (non-hydrogen) atoms. The van der Waals surface area contributed by atoms with Gasteiger partial charge in [0.15, 0.2) is 0 Å². The van der Waals surface area contributed by atoms with Crippen LogP contribution in [0.15, 0.2) is 24.3 Å². The van der Waals surface area contributed by atoms with E-state index in [-0.39, 0.29) is 0 Å². The molecule has 0 atom stereocenters. The second-order valence-electron chi connectivity index (χ2n) is 3.67. The highest BCUT2D eigenvalue weighted by atomic mass is 31.2. The third-order valence-corrected chi connectivity index (χ3v) is 3.33. The van der Waals surface area contributed by atoms with Crippen molar-refractivity contribution in [2.75, 3.05) is 6.54 Å². The van der Waals surface area contributed by atoms with Gasteiger partial charge in [-0.25, -0.2) is 0 Å².